The van der Waals surface area contributed by atoms with Crippen LogP contribution in [-0.2, 0) is 0 Å². The van der Waals surface area contributed by atoms with Crippen molar-refractivity contribution in [3.63, 3.8) is 0 Å². The summed E-state index contributed by atoms with van der Waals surface area (Å²) in [5, 5.41) is 0. The number of benzene rings is 2. The predicted molar refractivity (Wildman–Crippen MR) is 98.7 cm³/mol. The molecule has 0 N–H and O–H groups in total. The Morgan fingerprint density at radius 2 is 1.87 bits per heavy atom. The molecule has 0 aromatic heterocycles. The molecule has 1 saturated heterocycles. The van der Waals surface area contributed by atoms with E-state index >= 15 is 0 Å². The maximum absolute atomic E-state index is 14.4. The number of aliphatic imine (C=N–C) groups is 1. The second-order valence-corrected chi connectivity index (χ2v) is 6.92. The van der Waals surface area contributed by atoms with E-state index in [0.717, 1.165) is 47.2 Å². The molecule has 0 spiro atoms. The van der Waals surface area contributed by atoms with Crippen LogP contribution in [0.4, 0.5) is 15.8 Å². The van der Waals surface area contributed by atoms with E-state index in [0.29, 0.717) is 5.69 Å². The summed E-state index contributed by atoms with van der Waals surface area (Å²) in [5.74, 6) is -0.165. The van der Waals surface area contributed by atoms with Crippen LogP contribution in [-0.4, -0.2) is 19.3 Å². The third-order valence-electron chi connectivity index (χ3n) is 4.23. The zero-order chi connectivity index (χ0) is 16.4. The molecule has 1 aliphatic rings. The minimum Gasteiger partial charge on any atom is -0.369 e. The molecule has 0 bridgehead atoms. The number of aryl methyl sites for hydroxylation is 2. The molecule has 0 atom stereocenters. The molecule has 1 heterocycles. The highest BCUT2D eigenvalue weighted by atomic mass is 79.9. The molecule has 0 unspecified atom stereocenters. The molecule has 3 rings (SSSR count). The van der Waals surface area contributed by atoms with Gasteiger partial charge in [-0.25, -0.2) is 4.39 Å². The van der Waals surface area contributed by atoms with E-state index in [4.69, 9.17) is 0 Å². The molecule has 4 heteroatoms. The van der Waals surface area contributed by atoms with E-state index in [1.165, 1.54) is 5.56 Å². The van der Waals surface area contributed by atoms with Gasteiger partial charge >= 0.3 is 0 Å². The third kappa shape index (κ3) is 3.63. The second-order valence-electron chi connectivity index (χ2n) is 6.07. The molecule has 120 valence electrons. The van der Waals surface area contributed by atoms with Crippen LogP contribution < -0.4 is 4.90 Å². The molecule has 2 aromatic rings. The van der Waals surface area contributed by atoms with E-state index in [-0.39, 0.29) is 5.82 Å². The first-order valence-electron chi connectivity index (χ1n) is 7.90. The summed E-state index contributed by atoms with van der Waals surface area (Å²) >= 11 is 3.52. The van der Waals surface area contributed by atoms with Crippen LogP contribution in [0.5, 0.6) is 0 Å². The Hall–Kier alpha value is -1.68. The molecular weight excluding hydrogens is 355 g/mol. The predicted octanol–water partition coefficient (Wildman–Crippen LogP) is 5.56. The number of nitrogens with zero attached hydrogens (tertiary/aromatic N) is 2. The number of hydrogen-bond donors (Lipinski definition) is 0. The van der Waals surface area contributed by atoms with Gasteiger partial charge in [-0.2, -0.15) is 0 Å². The summed E-state index contributed by atoms with van der Waals surface area (Å²) in [4.78, 5) is 6.62. The van der Waals surface area contributed by atoms with Crippen molar-refractivity contribution in [2.24, 2.45) is 4.99 Å². The van der Waals surface area contributed by atoms with E-state index in [1.54, 1.807) is 12.3 Å². The highest BCUT2D eigenvalue weighted by molar-refractivity contribution is 9.10. The van der Waals surface area contributed by atoms with Gasteiger partial charge < -0.3 is 4.90 Å². The molecule has 0 radical (unpaired) electrons. The monoisotopic (exact) mass is 374 g/mol. The summed E-state index contributed by atoms with van der Waals surface area (Å²) in [6, 6.07) is 9.53. The van der Waals surface area contributed by atoms with Crippen molar-refractivity contribution in [2.75, 3.05) is 18.0 Å². The average Bonchev–Trinajstić information content (AvgIpc) is 3.03. The first kappa shape index (κ1) is 16.2. The van der Waals surface area contributed by atoms with Crippen molar-refractivity contribution in [3.8, 4) is 0 Å². The molecule has 2 nitrogen and oxygen atoms in total. The first-order valence-corrected chi connectivity index (χ1v) is 8.69. The fourth-order valence-corrected chi connectivity index (χ4v) is 3.47. The standard InChI is InChI=1S/C19H20BrFN2/c1-13-5-6-18(16(20)9-13)22-12-15-11-17(21)19(10-14(15)2)23-7-3-4-8-23/h5-6,9-12H,3-4,7-8H2,1-2H3. The molecule has 1 aliphatic heterocycles. The van der Waals surface area contributed by atoms with E-state index < -0.39 is 0 Å². The Balaban J connectivity index is 1.88. The van der Waals surface area contributed by atoms with Crippen LogP contribution >= 0.6 is 15.9 Å². The quantitative estimate of drug-likeness (QED) is 0.642. The van der Waals surface area contributed by atoms with Crippen LogP contribution in [0.15, 0.2) is 39.8 Å². The van der Waals surface area contributed by atoms with Gasteiger partial charge in [0, 0.05) is 23.8 Å². The summed E-state index contributed by atoms with van der Waals surface area (Å²) in [5.41, 5.74) is 4.60. The molecule has 0 saturated carbocycles. The summed E-state index contributed by atoms with van der Waals surface area (Å²) in [6.45, 7) is 5.93. The maximum atomic E-state index is 14.4. The van der Waals surface area contributed by atoms with Gasteiger partial charge in [-0.15, -0.1) is 0 Å². The van der Waals surface area contributed by atoms with Crippen molar-refractivity contribution >= 4 is 33.5 Å². The minimum atomic E-state index is -0.165. The van der Waals surface area contributed by atoms with Gasteiger partial charge in [-0.1, -0.05) is 6.07 Å². The molecule has 0 amide bonds. The fourth-order valence-electron chi connectivity index (χ4n) is 2.88. The Morgan fingerprint density at radius 3 is 2.57 bits per heavy atom. The minimum absolute atomic E-state index is 0.165. The summed E-state index contributed by atoms with van der Waals surface area (Å²) < 4.78 is 15.4. The molecule has 2 aromatic carbocycles. The van der Waals surface area contributed by atoms with Crippen molar-refractivity contribution in [3.05, 3.63) is 57.3 Å². The molecular formula is C19H20BrFN2. The third-order valence-corrected chi connectivity index (χ3v) is 4.86. The largest absolute Gasteiger partial charge is 0.369 e. The van der Waals surface area contributed by atoms with E-state index in [2.05, 4.69) is 25.8 Å². The van der Waals surface area contributed by atoms with E-state index in [9.17, 15) is 4.39 Å². The number of anilines is 1. The van der Waals surface area contributed by atoms with Crippen molar-refractivity contribution in [1.82, 2.24) is 0 Å². The normalized spacial score (nSPS) is 14.9. The van der Waals surface area contributed by atoms with Crippen LogP contribution in [0.2, 0.25) is 0 Å². The number of hydrogen-bond acceptors (Lipinski definition) is 2. The smallest absolute Gasteiger partial charge is 0.147 e. The molecule has 1 fully saturated rings. The zero-order valence-corrected chi connectivity index (χ0v) is 15.0. The Kier molecular flexibility index (Phi) is 4.81. The number of rotatable bonds is 3. The second kappa shape index (κ2) is 6.83. The van der Waals surface area contributed by atoms with Crippen molar-refractivity contribution in [1.29, 1.82) is 0 Å². The van der Waals surface area contributed by atoms with Gasteiger partial charge in [0.05, 0.1) is 11.4 Å². The summed E-state index contributed by atoms with van der Waals surface area (Å²) in [6.07, 6.45) is 4.02. The Bertz CT molecular complexity index is 749. The van der Waals surface area contributed by atoms with Gasteiger partial charge in [0.25, 0.3) is 0 Å². The van der Waals surface area contributed by atoms with Crippen LogP contribution in [0.3, 0.4) is 0 Å². The first-order chi connectivity index (χ1) is 11.0. The molecule has 0 aliphatic carbocycles. The van der Waals surface area contributed by atoms with Crippen LogP contribution in [0.1, 0.15) is 29.5 Å². The lowest BCUT2D eigenvalue weighted by molar-refractivity contribution is 0.622. The topological polar surface area (TPSA) is 15.6 Å². The fraction of sp³-hybridized carbons (Fsp3) is 0.316. The van der Waals surface area contributed by atoms with Crippen LogP contribution in [0, 0.1) is 19.7 Å². The van der Waals surface area contributed by atoms with Gasteiger partial charge in [0.1, 0.15) is 5.82 Å². The Labute approximate surface area is 145 Å². The van der Waals surface area contributed by atoms with Gasteiger partial charge in [-0.05, 0) is 83.6 Å². The lowest BCUT2D eigenvalue weighted by atomic mass is 10.1. The van der Waals surface area contributed by atoms with Gasteiger partial charge in [0.2, 0.25) is 0 Å². The lowest BCUT2D eigenvalue weighted by Gasteiger charge is -2.19. The lowest BCUT2D eigenvalue weighted by Crippen LogP contribution is -2.19. The Morgan fingerprint density at radius 1 is 1.13 bits per heavy atom. The molecule has 23 heavy (non-hydrogen) atoms. The maximum Gasteiger partial charge on any atom is 0.147 e. The van der Waals surface area contributed by atoms with Crippen molar-refractivity contribution < 1.29 is 4.39 Å². The van der Waals surface area contributed by atoms with E-state index in [1.807, 2.05) is 38.1 Å². The SMILES string of the molecule is Cc1ccc(N=Cc2cc(F)c(N3CCCC3)cc2C)c(Br)c1. The average molecular weight is 375 g/mol. The van der Waals surface area contributed by atoms with Gasteiger partial charge in [-0.3, -0.25) is 4.99 Å². The highest BCUT2D eigenvalue weighted by Crippen LogP contribution is 2.28. The van der Waals surface area contributed by atoms with Crippen molar-refractivity contribution in [2.45, 2.75) is 26.7 Å². The van der Waals surface area contributed by atoms with Crippen LogP contribution in [0.25, 0.3) is 0 Å². The van der Waals surface area contributed by atoms with Gasteiger partial charge in [0.15, 0.2) is 0 Å². The summed E-state index contributed by atoms with van der Waals surface area (Å²) in [7, 11) is 0. The zero-order valence-electron chi connectivity index (χ0n) is 13.4. The number of halogens is 2. The highest BCUT2D eigenvalue weighted by Gasteiger charge is 2.17.